The van der Waals surface area contributed by atoms with E-state index in [4.69, 9.17) is 10.5 Å². The molecule has 0 aliphatic heterocycles. The lowest BCUT2D eigenvalue weighted by Gasteiger charge is -2.09. The third-order valence-corrected chi connectivity index (χ3v) is 2.46. The first kappa shape index (κ1) is 10.5. The number of ether oxygens (including phenoxy) is 1. The van der Waals surface area contributed by atoms with E-state index >= 15 is 0 Å². The van der Waals surface area contributed by atoms with Crippen molar-refractivity contribution < 1.29 is 4.74 Å². The highest BCUT2D eigenvalue weighted by Gasteiger charge is 2.08. The molecule has 0 saturated heterocycles. The molecule has 1 aromatic heterocycles. The van der Waals surface area contributed by atoms with Gasteiger partial charge in [-0.25, -0.2) is 4.98 Å². The van der Waals surface area contributed by atoms with E-state index in [1.807, 2.05) is 42.7 Å². The lowest BCUT2D eigenvalue weighted by Crippen LogP contribution is -2.02. The molecular formula is C12H15N3O. The molecular weight excluding hydrogens is 202 g/mol. The number of hydrogen-bond donors (Lipinski definition) is 1. The fourth-order valence-electron chi connectivity index (χ4n) is 1.54. The molecule has 1 aromatic carbocycles. The molecule has 0 amide bonds. The normalized spacial score (nSPS) is 10.4. The van der Waals surface area contributed by atoms with Crippen molar-refractivity contribution in [2.75, 3.05) is 5.73 Å². The number of benzene rings is 1. The fourth-order valence-corrected chi connectivity index (χ4v) is 1.54. The van der Waals surface area contributed by atoms with Gasteiger partial charge in [-0.3, -0.25) is 4.57 Å². The second kappa shape index (κ2) is 4.26. The van der Waals surface area contributed by atoms with Gasteiger partial charge in [-0.2, -0.15) is 0 Å². The number of imidazole rings is 1. The van der Waals surface area contributed by atoms with Gasteiger partial charge in [-0.05, 0) is 25.5 Å². The molecule has 0 unspecified atom stereocenters. The van der Waals surface area contributed by atoms with E-state index in [2.05, 4.69) is 4.98 Å². The number of nitrogen functional groups attached to an aromatic ring is 1. The fraction of sp³-hybridized carbons (Fsp3) is 0.250. The number of hydrogen-bond acceptors (Lipinski definition) is 3. The number of para-hydroxylation sites is 1. The maximum absolute atomic E-state index is 5.76. The molecule has 0 aliphatic carbocycles. The van der Waals surface area contributed by atoms with Gasteiger partial charge in [0.1, 0.15) is 11.6 Å². The third kappa shape index (κ3) is 1.86. The van der Waals surface area contributed by atoms with Crippen LogP contribution in [-0.4, -0.2) is 9.55 Å². The highest BCUT2D eigenvalue weighted by Crippen LogP contribution is 2.25. The molecule has 4 heteroatoms. The summed E-state index contributed by atoms with van der Waals surface area (Å²) in [6, 6.07) is 8.36. The Morgan fingerprint density at radius 1 is 1.38 bits per heavy atom. The van der Waals surface area contributed by atoms with Gasteiger partial charge < -0.3 is 10.5 Å². The number of rotatable bonds is 3. The van der Waals surface area contributed by atoms with Crippen LogP contribution in [0.4, 0.5) is 5.82 Å². The topological polar surface area (TPSA) is 53.1 Å². The first-order valence-electron chi connectivity index (χ1n) is 5.27. The predicted octanol–water partition coefficient (Wildman–Crippen LogP) is 2.59. The zero-order valence-electron chi connectivity index (χ0n) is 9.47. The second-order valence-corrected chi connectivity index (χ2v) is 3.58. The molecule has 0 atom stereocenters. The molecule has 0 saturated carbocycles. The Labute approximate surface area is 94.7 Å². The predicted molar refractivity (Wildman–Crippen MR) is 63.6 cm³/mol. The largest absolute Gasteiger partial charge is 0.425 e. The molecule has 0 bridgehead atoms. The van der Waals surface area contributed by atoms with Gasteiger partial charge in [-0.15, -0.1) is 0 Å². The van der Waals surface area contributed by atoms with E-state index in [-0.39, 0.29) is 0 Å². The zero-order valence-corrected chi connectivity index (χ0v) is 9.47. The van der Waals surface area contributed by atoms with Crippen LogP contribution in [0.1, 0.15) is 12.5 Å². The van der Waals surface area contributed by atoms with Gasteiger partial charge in [0.15, 0.2) is 0 Å². The summed E-state index contributed by atoms with van der Waals surface area (Å²) < 4.78 is 7.55. The van der Waals surface area contributed by atoms with Crippen molar-refractivity contribution in [2.45, 2.75) is 20.4 Å². The summed E-state index contributed by atoms with van der Waals surface area (Å²) in [5.74, 6) is 1.42. The lowest BCUT2D eigenvalue weighted by atomic mass is 10.2. The minimum atomic E-state index is 0.536. The molecule has 16 heavy (non-hydrogen) atoms. The first-order valence-corrected chi connectivity index (χ1v) is 5.27. The minimum absolute atomic E-state index is 0.536. The standard InChI is InChI=1S/C12H15N3O/c1-3-15-11(13)8-14-12(15)16-10-7-5-4-6-9(10)2/h4-8H,3,13H2,1-2H3. The van der Waals surface area contributed by atoms with Crippen LogP contribution >= 0.6 is 0 Å². The maximum atomic E-state index is 5.76. The average Bonchev–Trinajstić information content (AvgIpc) is 2.63. The van der Waals surface area contributed by atoms with E-state index in [1.54, 1.807) is 6.20 Å². The first-order chi connectivity index (χ1) is 7.72. The summed E-state index contributed by atoms with van der Waals surface area (Å²) >= 11 is 0. The van der Waals surface area contributed by atoms with Gasteiger partial charge in [0.2, 0.25) is 0 Å². The van der Waals surface area contributed by atoms with Crippen LogP contribution in [0.2, 0.25) is 0 Å². The van der Waals surface area contributed by atoms with Crippen molar-refractivity contribution in [1.29, 1.82) is 0 Å². The molecule has 0 radical (unpaired) electrons. The van der Waals surface area contributed by atoms with Gasteiger partial charge in [0.05, 0.1) is 6.20 Å². The molecule has 1 heterocycles. The summed E-state index contributed by atoms with van der Waals surface area (Å²) in [6.07, 6.45) is 1.61. The van der Waals surface area contributed by atoms with E-state index in [0.717, 1.165) is 17.9 Å². The van der Waals surface area contributed by atoms with E-state index in [0.29, 0.717) is 11.8 Å². The maximum Gasteiger partial charge on any atom is 0.303 e. The number of nitrogens with zero attached hydrogens (tertiary/aromatic N) is 2. The van der Waals surface area contributed by atoms with Crippen molar-refractivity contribution in [1.82, 2.24) is 9.55 Å². The summed E-state index contributed by atoms with van der Waals surface area (Å²) in [5, 5.41) is 0. The Bertz CT molecular complexity index is 491. The summed E-state index contributed by atoms with van der Waals surface area (Å²) in [7, 11) is 0. The van der Waals surface area contributed by atoms with Crippen molar-refractivity contribution >= 4 is 5.82 Å². The van der Waals surface area contributed by atoms with Crippen LogP contribution in [0.25, 0.3) is 0 Å². The zero-order chi connectivity index (χ0) is 11.5. The van der Waals surface area contributed by atoms with Crippen LogP contribution in [0.15, 0.2) is 30.5 Å². The number of anilines is 1. The Morgan fingerprint density at radius 2 is 2.12 bits per heavy atom. The Balaban J connectivity index is 2.31. The van der Waals surface area contributed by atoms with Gasteiger partial charge in [0.25, 0.3) is 0 Å². The smallest absolute Gasteiger partial charge is 0.303 e. The minimum Gasteiger partial charge on any atom is -0.425 e. The highest BCUT2D eigenvalue weighted by molar-refractivity contribution is 5.36. The SMILES string of the molecule is CCn1c(N)cnc1Oc1ccccc1C. The van der Waals surface area contributed by atoms with Crippen molar-refractivity contribution in [3.63, 3.8) is 0 Å². The van der Waals surface area contributed by atoms with E-state index in [1.165, 1.54) is 0 Å². The van der Waals surface area contributed by atoms with Crippen molar-refractivity contribution in [3.8, 4) is 11.8 Å². The van der Waals surface area contributed by atoms with Crippen LogP contribution in [-0.2, 0) is 6.54 Å². The summed E-state index contributed by atoms with van der Waals surface area (Å²) in [4.78, 5) is 4.14. The van der Waals surface area contributed by atoms with Crippen LogP contribution < -0.4 is 10.5 Å². The Morgan fingerprint density at radius 3 is 2.81 bits per heavy atom. The van der Waals surface area contributed by atoms with Crippen molar-refractivity contribution in [3.05, 3.63) is 36.0 Å². The molecule has 0 spiro atoms. The molecule has 0 fully saturated rings. The van der Waals surface area contributed by atoms with Crippen LogP contribution in [0.3, 0.4) is 0 Å². The Kier molecular flexibility index (Phi) is 2.81. The molecule has 2 N–H and O–H groups in total. The second-order valence-electron chi connectivity index (χ2n) is 3.58. The van der Waals surface area contributed by atoms with Crippen LogP contribution in [0, 0.1) is 6.92 Å². The average molecular weight is 217 g/mol. The number of nitrogens with two attached hydrogens (primary N) is 1. The van der Waals surface area contributed by atoms with E-state index < -0.39 is 0 Å². The Hall–Kier alpha value is -1.97. The summed E-state index contributed by atoms with van der Waals surface area (Å²) in [5.41, 5.74) is 6.84. The van der Waals surface area contributed by atoms with Crippen molar-refractivity contribution in [2.24, 2.45) is 0 Å². The monoisotopic (exact) mass is 217 g/mol. The molecule has 4 nitrogen and oxygen atoms in total. The number of aryl methyl sites for hydroxylation is 1. The highest BCUT2D eigenvalue weighted by atomic mass is 16.5. The van der Waals surface area contributed by atoms with Gasteiger partial charge in [-0.1, -0.05) is 18.2 Å². The molecule has 84 valence electrons. The van der Waals surface area contributed by atoms with E-state index in [9.17, 15) is 0 Å². The molecule has 2 aromatic rings. The number of aromatic nitrogens is 2. The quantitative estimate of drug-likeness (QED) is 0.859. The van der Waals surface area contributed by atoms with Gasteiger partial charge >= 0.3 is 6.01 Å². The molecule has 2 rings (SSSR count). The molecule has 0 aliphatic rings. The van der Waals surface area contributed by atoms with Crippen LogP contribution in [0.5, 0.6) is 11.8 Å². The lowest BCUT2D eigenvalue weighted by molar-refractivity contribution is 0.414. The summed E-state index contributed by atoms with van der Waals surface area (Å²) in [6.45, 7) is 4.74. The van der Waals surface area contributed by atoms with Gasteiger partial charge in [0, 0.05) is 6.54 Å². The third-order valence-electron chi connectivity index (χ3n) is 2.46.